The molecule has 0 aliphatic carbocycles. The predicted molar refractivity (Wildman–Crippen MR) is 106 cm³/mol. The van der Waals surface area contributed by atoms with Gasteiger partial charge in [-0.3, -0.25) is 14.2 Å². The molecule has 1 aliphatic heterocycles. The molecule has 1 fully saturated rings. The second kappa shape index (κ2) is 7.72. The zero-order chi connectivity index (χ0) is 19.5. The number of amides is 2. The average Bonchev–Trinajstić information content (AvgIpc) is 3.25. The van der Waals surface area contributed by atoms with Gasteiger partial charge in [0.2, 0.25) is 11.8 Å². The van der Waals surface area contributed by atoms with Crippen molar-refractivity contribution >= 4 is 34.3 Å². The Balaban J connectivity index is 1.31. The normalized spacial score (nSPS) is 14.0. The van der Waals surface area contributed by atoms with E-state index in [1.807, 2.05) is 30.3 Å². The number of aromatic nitrogens is 1. The number of benzene rings is 2. The largest absolute Gasteiger partial charge is 0.419 e. The minimum Gasteiger partial charge on any atom is -0.408 e. The average molecular weight is 379 g/mol. The molecule has 1 aromatic heterocycles. The van der Waals surface area contributed by atoms with Crippen LogP contribution in [0.25, 0.3) is 11.1 Å². The number of nitrogens with one attached hydrogen (secondary N) is 1. The second-order valence-corrected chi connectivity index (χ2v) is 6.83. The van der Waals surface area contributed by atoms with Crippen LogP contribution in [0.3, 0.4) is 0 Å². The summed E-state index contributed by atoms with van der Waals surface area (Å²) in [5, 5.41) is 2.85. The van der Waals surface area contributed by atoms with E-state index in [2.05, 4.69) is 5.32 Å². The quantitative estimate of drug-likeness (QED) is 0.713. The SMILES string of the molecule is O=C(CCCn1c(=O)oc2ccccc21)Nc1ccc(N2CCCC2=O)cc1. The molecular formula is C21H21N3O4. The third-order valence-electron chi connectivity index (χ3n) is 4.90. The number of carbonyl (C=O) groups is 2. The molecule has 4 rings (SSSR count). The molecule has 7 nitrogen and oxygen atoms in total. The predicted octanol–water partition coefficient (Wildman–Crippen LogP) is 3.14. The van der Waals surface area contributed by atoms with Crippen LogP contribution in [0.15, 0.2) is 57.7 Å². The zero-order valence-corrected chi connectivity index (χ0v) is 15.4. The highest BCUT2D eigenvalue weighted by molar-refractivity contribution is 5.96. The number of rotatable bonds is 6. The highest BCUT2D eigenvalue weighted by atomic mass is 16.4. The maximum absolute atomic E-state index is 12.2. The number of hydrogen-bond acceptors (Lipinski definition) is 4. The number of oxazole rings is 1. The van der Waals surface area contributed by atoms with E-state index in [0.717, 1.165) is 24.2 Å². The first-order chi connectivity index (χ1) is 13.6. The molecule has 3 aromatic rings. The Morgan fingerprint density at radius 2 is 1.86 bits per heavy atom. The number of aryl methyl sites for hydroxylation is 1. The number of nitrogens with zero attached hydrogens (tertiary/aromatic N) is 2. The molecular weight excluding hydrogens is 358 g/mol. The number of anilines is 2. The summed E-state index contributed by atoms with van der Waals surface area (Å²) in [4.78, 5) is 37.7. The Morgan fingerprint density at radius 3 is 2.61 bits per heavy atom. The summed E-state index contributed by atoms with van der Waals surface area (Å²) in [6.07, 6.45) is 2.29. The number of hydrogen-bond donors (Lipinski definition) is 1. The van der Waals surface area contributed by atoms with Crippen molar-refractivity contribution in [2.24, 2.45) is 0 Å². The van der Waals surface area contributed by atoms with Crippen LogP contribution in [0.5, 0.6) is 0 Å². The maximum atomic E-state index is 12.2. The van der Waals surface area contributed by atoms with Crippen molar-refractivity contribution in [1.29, 1.82) is 0 Å². The molecule has 2 aromatic carbocycles. The summed E-state index contributed by atoms with van der Waals surface area (Å²) < 4.78 is 6.74. The van der Waals surface area contributed by atoms with Gasteiger partial charge in [-0.15, -0.1) is 0 Å². The first kappa shape index (κ1) is 18.0. The molecule has 0 radical (unpaired) electrons. The molecule has 1 aliphatic rings. The molecule has 2 heterocycles. The van der Waals surface area contributed by atoms with Crippen molar-refractivity contribution in [3.8, 4) is 0 Å². The Kier molecular flexibility index (Phi) is 4.97. The van der Waals surface area contributed by atoms with Crippen LogP contribution in [-0.2, 0) is 16.1 Å². The van der Waals surface area contributed by atoms with E-state index in [9.17, 15) is 14.4 Å². The summed E-state index contributed by atoms with van der Waals surface area (Å²) in [5.41, 5.74) is 2.83. The highest BCUT2D eigenvalue weighted by Gasteiger charge is 2.21. The van der Waals surface area contributed by atoms with Crippen molar-refractivity contribution in [3.63, 3.8) is 0 Å². The molecule has 2 amide bonds. The van der Waals surface area contributed by atoms with Gasteiger partial charge in [-0.1, -0.05) is 12.1 Å². The summed E-state index contributed by atoms with van der Waals surface area (Å²) in [6.45, 7) is 1.16. The molecule has 0 saturated carbocycles. The van der Waals surface area contributed by atoms with Gasteiger partial charge in [0.1, 0.15) is 0 Å². The van der Waals surface area contributed by atoms with Gasteiger partial charge < -0.3 is 14.6 Å². The van der Waals surface area contributed by atoms with Gasteiger partial charge in [0, 0.05) is 37.3 Å². The third kappa shape index (κ3) is 3.69. The fourth-order valence-corrected chi connectivity index (χ4v) is 3.49. The van der Waals surface area contributed by atoms with Crippen molar-refractivity contribution in [2.45, 2.75) is 32.2 Å². The fraction of sp³-hybridized carbons (Fsp3) is 0.286. The van der Waals surface area contributed by atoms with Crippen LogP contribution < -0.4 is 16.0 Å². The van der Waals surface area contributed by atoms with Crippen molar-refractivity contribution in [3.05, 3.63) is 59.1 Å². The first-order valence-corrected chi connectivity index (χ1v) is 9.40. The van der Waals surface area contributed by atoms with Crippen molar-refractivity contribution < 1.29 is 14.0 Å². The minimum absolute atomic E-state index is 0.120. The van der Waals surface area contributed by atoms with E-state index in [0.29, 0.717) is 30.7 Å². The minimum atomic E-state index is -0.409. The second-order valence-electron chi connectivity index (χ2n) is 6.83. The Bertz CT molecular complexity index is 1070. The molecule has 0 spiro atoms. The number of fused-ring (bicyclic) bond motifs is 1. The van der Waals surface area contributed by atoms with Crippen LogP contribution in [0.4, 0.5) is 11.4 Å². The van der Waals surface area contributed by atoms with Gasteiger partial charge in [-0.05, 0) is 49.2 Å². The molecule has 0 bridgehead atoms. The van der Waals surface area contributed by atoms with Gasteiger partial charge in [0.05, 0.1) is 5.52 Å². The Labute approximate surface area is 161 Å². The standard InChI is InChI=1S/C21H21N3O4/c25-19(7-3-14-24-17-5-1-2-6-18(17)28-21(24)27)22-15-9-11-16(12-10-15)23-13-4-8-20(23)26/h1-2,5-6,9-12H,3-4,7-8,13-14H2,(H,22,25). The molecule has 1 saturated heterocycles. The summed E-state index contributed by atoms with van der Waals surface area (Å²) in [7, 11) is 0. The lowest BCUT2D eigenvalue weighted by Crippen LogP contribution is -2.23. The lowest BCUT2D eigenvalue weighted by molar-refractivity contribution is -0.117. The van der Waals surface area contributed by atoms with Gasteiger partial charge in [-0.2, -0.15) is 0 Å². The van der Waals surface area contributed by atoms with Crippen LogP contribution in [-0.4, -0.2) is 22.9 Å². The molecule has 1 N–H and O–H groups in total. The first-order valence-electron chi connectivity index (χ1n) is 9.40. The van der Waals surface area contributed by atoms with E-state index in [1.165, 1.54) is 0 Å². The lowest BCUT2D eigenvalue weighted by Gasteiger charge is -2.16. The van der Waals surface area contributed by atoms with E-state index in [4.69, 9.17) is 4.42 Å². The van der Waals surface area contributed by atoms with Crippen molar-refractivity contribution in [2.75, 3.05) is 16.8 Å². The van der Waals surface area contributed by atoms with Gasteiger partial charge in [0.25, 0.3) is 0 Å². The molecule has 28 heavy (non-hydrogen) atoms. The molecule has 144 valence electrons. The van der Waals surface area contributed by atoms with E-state index in [1.54, 1.807) is 27.7 Å². The topological polar surface area (TPSA) is 84.5 Å². The van der Waals surface area contributed by atoms with Gasteiger partial charge >= 0.3 is 5.76 Å². The zero-order valence-electron chi connectivity index (χ0n) is 15.4. The maximum Gasteiger partial charge on any atom is 0.419 e. The van der Waals surface area contributed by atoms with E-state index >= 15 is 0 Å². The number of para-hydroxylation sites is 2. The van der Waals surface area contributed by atoms with Crippen LogP contribution in [0.1, 0.15) is 25.7 Å². The summed E-state index contributed by atoms with van der Waals surface area (Å²) in [6, 6.07) is 14.5. The van der Waals surface area contributed by atoms with Gasteiger partial charge in [0.15, 0.2) is 5.58 Å². The van der Waals surface area contributed by atoms with Crippen LogP contribution >= 0.6 is 0 Å². The van der Waals surface area contributed by atoms with Crippen LogP contribution in [0, 0.1) is 0 Å². The number of carbonyl (C=O) groups excluding carboxylic acids is 2. The summed E-state index contributed by atoms with van der Waals surface area (Å²) >= 11 is 0. The highest BCUT2D eigenvalue weighted by Crippen LogP contribution is 2.23. The van der Waals surface area contributed by atoms with E-state index < -0.39 is 5.76 Å². The van der Waals surface area contributed by atoms with Crippen molar-refractivity contribution in [1.82, 2.24) is 4.57 Å². The lowest BCUT2D eigenvalue weighted by atomic mass is 10.2. The summed E-state index contributed by atoms with van der Waals surface area (Å²) in [5.74, 6) is -0.390. The smallest absolute Gasteiger partial charge is 0.408 e. The molecule has 7 heteroatoms. The Morgan fingerprint density at radius 1 is 1.07 bits per heavy atom. The van der Waals surface area contributed by atoms with Gasteiger partial charge in [-0.25, -0.2) is 4.79 Å². The Hall–Kier alpha value is -3.35. The fourth-order valence-electron chi connectivity index (χ4n) is 3.49. The molecule has 0 unspecified atom stereocenters. The van der Waals surface area contributed by atoms with E-state index in [-0.39, 0.29) is 18.2 Å². The molecule has 0 atom stereocenters. The third-order valence-corrected chi connectivity index (χ3v) is 4.90. The monoisotopic (exact) mass is 379 g/mol. The van der Waals surface area contributed by atoms with Crippen LogP contribution in [0.2, 0.25) is 0 Å².